The summed E-state index contributed by atoms with van der Waals surface area (Å²) in [5, 5.41) is 13.6. The summed E-state index contributed by atoms with van der Waals surface area (Å²) in [6, 6.07) is 4.27. The molecule has 0 N–H and O–H groups in total. The summed E-state index contributed by atoms with van der Waals surface area (Å²) in [6.07, 6.45) is 5.52. The van der Waals surface area contributed by atoms with E-state index in [1.54, 1.807) is 17.2 Å². The van der Waals surface area contributed by atoms with Gasteiger partial charge in [-0.05, 0) is 40.9 Å². The maximum Gasteiger partial charge on any atom is 0.164 e. The minimum absolute atomic E-state index is 0.334. The van der Waals surface area contributed by atoms with Gasteiger partial charge in [-0.3, -0.25) is 0 Å². The average Bonchev–Trinajstić information content (AvgIpc) is 2.96. The van der Waals surface area contributed by atoms with E-state index in [9.17, 15) is 0 Å². The number of halogens is 1. The first-order chi connectivity index (χ1) is 12.1. The summed E-state index contributed by atoms with van der Waals surface area (Å²) < 4.78 is 2.54. The molecule has 4 heterocycles. The molecule has 1 unspecified atom stereocenters. The Kier molecular flexibility index (Phi) is 4.24. The number of rotatable bonds is 3. The molecule has 0 spiro atoms. The number of likely N-dealkylation sites (N-methyl/N-ethyl adjacent to an activating group) is 1. The molecule has 1 aliphatic rings. The number of hydrogen-bond acceptors (Lipinski definition) is 7. The van der Waals surface area contributed by atoms with Gasteiger partial charge in [-0.15, -0.1) is 5.10 Å². The highest BCUT2D eigenvalue weighted by Crippen LogP contribution is 2.31. The second kappa shape index (κ2) is 6.55. The number of aryl methyl sites for hydroxylation is 1. The summed E-state index contributed by atoms with van der Waals surface area (Å²) in [4.78, 5) is 13.4. The van der Waals surface area contributed by atoms with Crippen LogP contribution in [0, 0.1) is 0 Å². The molecule has 4 rings (SSSR count). The molecule has 8 nitrogen and oxygen atoms in total. The van der Waals surface area contributed by atoms with Crippen LogP contribution in [-0.4, -0.2) is 56.1 Å². The number of fused-ring (bicyclic) bond motifs is 1. The van der Waals surface area contributed by atoms with Crippen molar-refractivity contribution in [3.05, 3.63) is 29.3 Å². The number of piperidine rings is 1. The molecule has 0 aromatic carbocycles. The van der Waals surface area contributed by atoms with E-state index in [0.29, 0.717) is 6.04 Å². The molecule has 0 saturated carbocycles. The van der Waals surface area contributed by atoms with Crippen molar-refractivity contribution in [3.63, 3.8) is 0 Å². The maximum atomic E-state index is 4.54. The van der Waals surface area contributed by atoms with Gasteiger partial charge in [-0.1, -0.05) is 0 Å². The Labute approximate surface area is 154 Å². The molecule has 1 atom stereocenters. The number of nitrogens with zero attached hydrogens (tertiary/aromatic N) is 8. The molecule has 25 heavy (non-hydrogen) atoms. The fourth-order valence-electron chi connectivity index (χ4n) is 3.41. The Morgan fingerprint density at radius 1 is 1.32 bits per heavy atom. The third kappa shape index (κ3) is 2.92. The molecule has 130 valence electrons. The van der Waals surface area contributed by atoms with E-state index in [1.165, 1.54) is 0 Å². The summed E-state index contributed by atoms with van der Waals surface area (Å²) in [6.45, 7) is 1.89. The van der Waals surface area contributed by atoms with Crippen LogP contribution in [0.25, 0.3) is 11.0 Å². The van der Waals surface area contributed by atoms with Gasteiger partial charge in [0.25, 0.3) is 0 Å². The topological polar surface area (TPSA) is 75.9 Å². The van der Waals surface area contributed by atoms with Gasteiger partial charge in [-0.25, -0.2) is 14.6 Å². The first-order valence-corrected chi connectivity index (χ1v) is 9.03. The van der Waals surface area contributed by atoms with Crippen molar-refractivity contribution in [3.8, 4) is 0 Å². The molecule has 0 amide bonds. The molecule has 9 heteroatoms. The number of hydrogen-bond donors (Lipinski definition) is 0. The van der Waals surface area contributed by atoms with Gasteiger partial charge >= 0.3 is 0 Å². The van der Waals surface area contributed by atoms with E-state index >= 15 is 0 Å². The van der Waals surface area contributed by atoms with Crippen LogP contribution in [0.5, 0.6) is 0 Å². The highest BCUT2D eigenvalue weighted by molar-refractivity contribution is 9.10. The van der Waals surface area contributed by atoms with Crippen LogP contribution < -0.4 is 9.80 Å². The largest absolute Gasteiger partial charge is 0.354 e. The highest BCUT2D eigenvalue weighted by atomic mass is 79.9. The standard InChI is InChI=1S/C16H19BrN8/c1-23(15-13-14(17)22-24(2)16(13)19-10-18-15)11-5-4-8-25(9-11)12-6-3-7-20-21-12/h3,6-7,10-11H,4-5,8-9H2,1-2H3. The van der Waals surface area contributed by atoms with E-state index < -0.39 is 0 Å². The van der Waals surface area contributed by atoms with Crippen molar-refractivity contribution < 1.29 is 0 Å². The average molecular weight is 403 g/mol. The smallest absolute Gasteiger partial charge is 0.164 e. The van der Waals surface area contributed by atoms with E-state index in [-0.39, 0.29) is 0 Å². The predicted molar refractivity (Wildman–Crippen MR) is 99.7 cm³/mol. The van der Waals surface area contributed by atoms with Gasteiger partial charge in [-0.2, -0.15) is 10.2 Å². The van der Waals surface area contributed by atoms with Crippen LogP contribution >= 0.6 is 15.9 Å². The van der Waals surface area contributed by atoms with E-state index in [1.807, 2.05) is 19.2 Å². The summed E-state index contributed by atoms with van der Waals surface area (Å²) in [7, 11) is 3.98. The number of anilines is 2. The van der Waals surface area contributed by atoms with Gasteiger partial charge in [0.2, 0.25) is 0 Å². The minimum Gasteiger partial charge on any atom is -0.354 e. The fourth-order valence-corrected chi connectivity index (χ4v) is 4.00. The lowest BCUT2D eigenvalue weighted by molar-refractivity contribution is 0.483. The monoisotopic (exact) mass is 402 g/mol. The SMILES string of the molecule is CN(c1ncnc2c1c(Br)nn2C)C1CCCN(c2cccnn2)C1. The molecule has 0 radical (unpaired) electrons. The predicted octanol–water partition coefficient (Wildman–Crippen LogP) is 2.02. The Morgan fingerprint density at radius 3 is 3.00 bits per heavy atom. The first kappa shape index (κ1) is 16.2. The molecule has 1 saturated heterocycles. The lowest BCUT2D eigenvalue weighted by Gasteiger charge is -2.38. The highest BCUT2D eigenvalue weighted by Gasteiger charge is 2.27. The van der Waals surface area contributed by atoms with Crippen molar-refractivity contribution in [1.29, 1.82) is 0 Å². The van der Waals surface area contributed by atoms with Crippen molar-refractivity contribution in [1.82, 2.24) is 29.9 Å². The lowest BCUT2D eigenvalue weighted by Crippen LogP contribution is -2.47. The molecular weight excluding hydrogens is 384 g/mol. The normalized spacial score (nSPS) is 17.9. The van der Waals surface area contributed by atoms with Crippen molar-refractivity contribution >= 4 is 38.6 Å². The Balaban J connectivity index is 1.64. The van der Waals surface area contributed by atoms with Crippen LogP contribution in [0.2, 0.25) is 0 Å². The fraction of sp³-hybridized carbons (Fsp3) is 0.438. The molecule has 0 bridgehead atoms. The molecule has 1 aliphatic heterocycles. The Bertz CT molecular complexity index is 880. The summed E-state index contributed by atoms with van der Waals surface area (Å²) >= 11 is 3.54. The van der Waals surface area contributed by atoms with Crippen LogP contribution in [-0.2, 0) is 7.05 Å². The van der Waals surface area contributed by atoms with E-state index in [2.05, 4.69) is 58.0 Å². The van der Waals surface area contributed by atoms with Crippen molar-refractivity contribution in [2.75, 3.05) is 29.9 Å². The maximum absolute atomic E-state index is 4.54. The summed E-state index contributed by atoms with van der Waals surface area (Å²) in [5.41, 5.74) is 0.824. The van der Waals surface area contributed by atoms with Crippen LogP contribution in [0.4, 0.5) is 11.6 Å². The quantitative estimate of drug-likeness (QED) is 0.662. The molecule has 3 aromatic heterocycles. The zero-order chi connectivity index (χ0) is 17.4. The van der Waals surface area contributed by atoms with Gasteiger partial charge in [0.05, 0.1) is 5.39 Å². The Hall–Kier alpha value is -2.29. The third-order valence-corrected chi connectivity index (χ3v) is 5.27. The van der Waals surface area contributed by atoms with Crippen LogP contribution in [0.3, 0.4) is 0 Å². The van der Waals surface area contributed by atoms with Crippen molar-refractivity contribution in [2.24, 2.45) is 7.05 Å². The third-order valence-electron chi connectivity index (χ3n) is 4.72. The first-order valence-electron chi connectivity index (χ1n) is 8.24. The lowest BCUT2D eigenvalue weighted by atomic mass is 10.0. The minimum atomic E-state index is 0.334. The van der Waals surface area contributed by atoms with Gasteiger partial charge in [0.15, 0.2) is 11.5 Å². The van der Waals surface area contributed by atoms with Gasteiger partial charge in [0, 0.05) is 39.4 Å². The molecule has 0 aliphatic carbocycles. The van der Waals surface area contributed by atoms with E-state index in [4.69, 9.17) is 0 Å². The summed E-state index contributed by atoms with van der Waals surface area (Å²) in [5.74, 6) is 1.83. The second-order valence-electron chi connectivity index (χ2n) is 6.25. The van der Waals surface area contributed by atoms with E-state index in [0.717, 1.165) is 53.2 Å². The van der Waals surface area contributed by atoms with Crippen molar-refractivity contribution in [2.45, 2.75) is 18.9 Å². The molecular formula is C16H19BrN8. The number of aromatic nitrogens is 6. The van der Waals surface area contributed by atoms with Gasteiger partial charge in [0.1, 0.15) is 16.7 Å². The molecule has 1 fully saturated rings. The van der Waals surface area contributed by atoms with Crippen LogP contribution in [0.15, 0.2) is 29.3 Å². The zero-order valence-corrected chi connectivity index (χ0v) is 15.8. The Morgan fingerprint density at radius 2 is 2.20 bits per heavy atom. The van der Waals surface area contributed by atoms with Gasteiger partial charge < -0.3 is 9.80 Å². The zero-order valence-electron chi connectivity index (χ0n) is 14.2. The molecule has 3 aromatic rings. The van der Waals surface area contributed by atoms with Crippen LogP contribution in [0.1, 0.15) is 12.8 Å². The second-order valence-corrected chi connectivity index (χ2v) is 7.00.